The molecule has 2 aromatic carbocycles. The number of thiocarbonyl (C=S) groups is 1. The van der Waals surface area contributed by atoms with Crippen LogP contribution in [0.5, 0.6) is 0 Å². The summed E-state index contributed by atoms with van der Waals surface area (Å²) in [4.78, 5) is 23.7. The molecule has 5 nitrogen and oxygen atoms in total. The summed E-state index contributed by atoms with van der Waals surface area (Å²) >= 11 is 5.11. The first kappa shape index (κ1) is 16.1. The van der Waals surface area contributed by atoms with E-state index in [0.29, 0.717) is 11.3 Å². The maximum absolute atomic E-state index is 12.1. The van der Waals surface area contributed by atoms with Crippen LogP contribution in [0.15, 0.2) is 54.6 Å². The van der Waals surface area contributed by atoms with Crippen LogP contribution in [0.2, 0.25) is 0 Å². The lowest BCUT2D eigenvalue weighted by Gasteiger charge is -2.10. The summed E-state index contributed by atoms with van der Waals surface area (Å²) in [7, 11) is 0. The van der Waals surface area contributed by atoms with Gasteiger partial charge < -0.3 is 16.0 Å². The van der Waals surface area contributed by atoms with Crippen molar-refractivity contribution in [3.05, 3.63) is 60.2 Å². The summed E-state index contributed by atoms with van der Waals surface area (Å²) in [6, 6.07) is 16.1. The van der Waals surface area contributed by atoms with E-state index < -0.39 is 0 Å². The van der Waals surface area contributed by atoms with Crippen LogP contribution in [0.1, 0.15) is 23.2 Å². The van der Waals surface area contributed by atoms with Gasteiger partial charge in [0, 0.05) is 22.9 Å². The zero-order chi connectivity index (χ0) is 16.9. The third-order valence-corrected chi connectivity index (χ3v) is 3.83. The molecule has 1 fully saturated rings. The number of rotatable bonds is 4. The predicted molar refractivity (Wildman–Crippen MR) is 97.9 cm³/mol. The van der Waals surface area contributed by atoms with Crippen LogP contribution in [0.25, 0.3) is 0 Å². The van der Waals surface area contributed by atoms with Crippen LogP contribution >= 0.6 is 12.2 Å². The van der Waals surface area contributed by atoms with Crippen molar-refractivity contribution in [2.24, 2.45) is 5.92 Å². The van der Waals surface area contributed by atoms with Gasteiger partial charge in [0.1, 0.15) is 0 Å². The van der Waals surface area contributed by atoms with Gasteiger partial charge in [-0.25, -0.2) is 0 Å². The number of hydrogen-bond donors (Lipinski definition) is 3. The Morgan fingerprint density at radius 2 is 1.46 bits per heavy atom. The maximum Gasteiger partial charge on any atom is 0.255 e. The van der Waals surface area contributed by atoms with Crippen molar-refractivity contribution in [1.29, 1.82) is 0 Å². The van der Waals surface area contributed by atoms with Gasteiger partial charge >= 0.3 is 0 Å². The molecule has 3 N–H and O–H groups in total. The van der Waals surface area contributed by atoms with E-state index in [0.717, 1.165) is 18.5 Å². The molecule has 0 heterocycles. The molecule has 122 valence electrons. The molecule has 0 saturated heterocycles. The van der Waals surface area contributed by atoms with Crippen molar-refractivity contribution in [1.82, 2.24) is 5.32 Å². The molecule has 0 unspecified atom stereocenters. The van der Waals surface area contributed by atoms with Crippen LogP contribution < -0.4 is 16.0 Å². The van der Waals surface area contributed by atoms with Gasteiger partial charge in [0.15, 0.2) is 5.11 Å². The normalized spacial score (nSPS) is 13.0. The molecule has 2 aromatic rings. The monoisotopic (exact) mass is 339 g/mol. The highest BCUT2D eigenvalue weighted by Crippen LogP contribution is 2.28. The van der Waals surface area contributed by atoms with Gasteiger partial charge in [0.05, 0.1) is 0 Å². The Kier molecular flexibility index (Phi) is 4.86. The minimum atomic E-state index is -0.163. The first-order chi connectivity index (χ1) is 11.6. The van der Waals surface area contributed by atoms with E-state index in [-0.39, 0.29) is 22.8 Å². The van der Waals surface area contributed by atoms with Crippen LogP contribution in [-0.2, 0) is 4.79 Å². The summed E-state index contributed by atoms with van der Waals surface area (Å²) in [5.41, 5.74) is 2.03. The number of nitrogens with one attached hydrogen (secondary N) is 3. The smallest absolute Gasteiger partial charge is 0.255 e. The largest absolute Gasteiger partial charge is 0.332 e. The Morgan fingerprint density at radius 3 is 2.04 bits per heavy atom. The molecule has 6 heteroatoms. The highest BCUT2D eigenvalue weighted by atomic mass is 32.1. The summed E-state index contributed by atoms with van der Waals surface area (Å²) in [6.07, 6.45) is 1.87. The van der Waals surface area contributed by atoms with Gasteiger partial charge in [-0.05, 0) is 61.5 Å². The highest BCUT2D eigenvalue weighted by molar-refractivity contribution is 7.80. The molecule has 0 bridgehead atoms. The van der Waals surface area contributed by atoms with Crippen molar-refractivity contribution in [2.45, 2.75) is 12.8 Å². The third kappa shape index (κ3) is 4.39. The molecular weight excluding hydrogens is 322 g/mol. The second-order valence-electron chi connectivity index (χ2n) is 5.62. The molecule has 1 aliphatic carbocycles. The van der Waals surface area contributed by atoms with E-state index in [4.69, 9.17) is 12.2 Å². The average Bonchev–Trinajstić information content (AvgIpc) is 3.42. The molecule has 1 saturated carbocycles. The summed E-state index contributed by atoms with van der Waals surface area (Å²) in [5, 5.41) is 8.73. The molecule has 0 aromatic heterocycles. The number of benzene rings is 2. The van der Waals surface area contributed by atoms with Crippen LogP contribution in [-0.4, -0.2) is 16.9 Å². The van der Waals surface area contributed by atoms with E-state index >= 15 is 0 Å². The zero-order valence-electron chi connectivity index (χ0n) is 12.9. The van der Waals surface area contributed by atoms with Crippen LogP contribution in [0, 0.1) is 5.92 Å². The topological polar surface area (TPSA) is 70.2 Å². The number of amides is 2. The van der Waals surface area contributed by atoms with Gasteiger partial charge in [-0.2, -0.15) is 0 Å². The minimum Gasteiger partial charge on any atom is -0.332 e. The van der Waals surface area contributed by atoms with E-state index in [1.807, 2.05) is 18.2 Å². The molecule has 0 radical (unpaired) electrons. The Balaban J connectivity index is 1.54. The van der Waals surface area contributed by atoms with Crippen LogP contribution in [0.4, 0.5) is 11.4 Å². The Labute approximate surface area is 145 Å². The van der Waals surface area contributed by atoms with E-state index in [1.165, 1.54) is 0 Å². The molecule has 2 amide bonds. The maximum atomic E-state index is 12.1. The van der Waals surface area contributed by atoms with E-state index in [9.17, 15) is 9.59 Å². The average molecular weight is 339 g/mol. The minimum absolute atomic E-state index is 0.0285. The predicted octanol–water partition coefficient (Wildman–Crippen LogP) is 3.16. The first-order valence-corrected chi connectivity index (χ1v) is 8.11. The Hall–Kier alpha value is -2.73. The molecular formula is C18H17N3O2S. The molecule has 0 spiro atoms. The van der Waals surface area contributed by atoms with Gasteiger partial charge in [0.2, 0.25) is 5.91 Å². The zero-order valence-corrected chi connectivity index (χ0v) is 13.7. The second kappa shape index (κ2) is 7.23. The van der Waals surface area contributed by atoms with Gasteiger partial charge in [0.25, 0.3) is 5.91 Å². The lowest BCUT2D eigenvalue weighted by atomic mass is 10.2. The Morgan fingerprint density at radius 1 is 0.875 bits per heavy atom. The lowest BCUT2D eigenvalue weighted by Crippen LogP contribution is -2.35. The quantitative estimate of drug-likeness (QED) is 0.749. The third-order valence-electron chi connectivity index (χ3n) is 3.62. The van der Waals surface area contributed by atoms with Crippen molar-refractivity contribution in [2.75, 3.05) is 10.6 Å². The summed E-state index contributed by atoms with van der Waals surface area (Å²) < 4.78 is 0. The van der Waals surface area contributed by atoms with Crippen molar-refractivity contribution >= 4 is 40.5 Å². The number of hydrogen-bond acceptors (Lipinski definition) is 3. The highest BCUT2D eigenvalue weighted by Gasteiger charge is 2.29. The fourth-order valence-corrected chi connectivity index (χ4v) is 2.37. The number of carbonyl (C=O) groups excluding carboxylic acids is 2. The number of anilines is 2. The molecule has 0 aliphatic heterocycles. The van der Waals surface area contributed by atoms with Crippen LogP contribution in [0.3, 0.4) is 0 Å². The van der Waals surface area contributed by atoms with Crippen molar-refractivity contribution < 1.29 is 9.59 Å². The Bertz CT molecular complexity index is 756. The lowest BCUT2D eigenvalue weighted by molar-refractivity contribution is -0.120. The number of carbonyl (C=O) groups is 2. The summed E-state index contributed by atoms with van der Waals surface area (Å²) in [5.74, 6) is -0.0805. The van der Waals surface area contributed by atoms with Crippen molar-refractivity contribution in [3.63, 3.8) is 0 Å². The van der Waals surface area contributed by atoms with Crippen molar-refractivity contribution in [3.8, 4) is 0 Å². The van der Waals surface area contributed by atoms with Gasteiger partial charge in [-0.1, -0.05) is 18.2 Å². The summed E-state index contributed by atoms with van der Waals surface area (Å²) in [6.45, 7) is 0. The first-order valence-electron chi connectivity index (χ1n) is 7.70. The molecule has 24 heavy (non-hydrogen) atoms. The fourth-order valence-electron chi connectivity index (χ4n) is 2.15. The standard InChI is InChI=1S/C18H17N3O2S/c22-16(12-4-2-1-3-5-12)19-14-8-10-15(11-9-14)20-18(24)21-17(23)13-6-7-13/h1-5,8-11,13H,6-7H2,(H,19,22)(H2,20,21,23,24). The molecule has 3 rings (SSSR count). The van der Waals surface area contributed by atoms with E-state index in [1.54, 1.807) is 36.4 Å². The van der Waals surface area contributed by atoms with E-state index in [2.05, 4.69) is 16.0 Å². The van der Waals surface area contributed by atoms with Gasteiger partial charge in [-0.15, -0.1) is 0 Å². The van der Waals surface area contributed by atoms with Gasteiger partial charge in [-0.3, -0.25) is 9.59 Å². The fraction of sp³-hybridized carbons (Fsp3) is 0.167. The molecule has 0 atom stereocenters. The second-order valence-corrected chi connectivity index (χ2v) is 6.02. The molecule has 1 aliphatic rings. The SMILES string of the molecule is O=C(Nc1ccc(NC(=S)NC(=O)C2CC2)cc1)c1ccccc1.